The van der Waals surface area contributed by atoms with Gasteiger partial charge in [-0.2, -0.15) is 0 Å². The number of halogens is 1. The molecule has 0 aliphatic carbocycles. The Kier molecular flexibility index (Phi) is 10.7. The van der Waals surface area contributed by atoms with Crippen molar-refractivity contribution in [3.05, 3.63) is 35.9 Å². The number of nitrogens with one attached hydrogen (secondary N) is 1. The van der Waals surface area contributed by atoms with Crippen LogP contribution in [0.25, 0.3) is 0 Å². The topological polar surface area (TPSA) is 51.2 Å². The minimum atomic E-state index is 0. The maximum absolute atomic E-state index is 11.5. The number of piperazine rings is 1. The van der Waals surface area contributed by atoms with Crippen molar-refractivity contribution in [3.63, 3.8) is 0 Å². The number of hydrogen-bond donors (Lipinski definition) is 1. The Morgan fingerprint density at radius 1 is 1.19 bits per heavy atom. The highest BCUT2D eigenvalue weighted by Crippen LogP contribution is 2.07. The van der Waals surface area contributed by atoms with E-state index in [1.54, 1.807) is 6.92 Å². The Labute approximate surface area is 181 Å². The fourth-order valence-corrected chi connectivity index (χ4v) is 3.04. The first-order valence-electron chi connectivity index (χ1n) is 9.54. The minimum absolute atomic E-state index is 0. The largest absolute Gasteiger partial charge is 0.357 e. The summed E-state index contributed by atoms with van der Waals surface area (Å²) in [7, 11) is 2.14. The van der Waals surface area contributed by atoms with Gasteiger partial charge in [0.05, 0.1) is 6.54 Å². The molecule has 1 unspecified atom stereocenters. The van der Waals surface area contributed by atoms with Crippen molar-refractivity contribution in [2.75, 3.05) is 46.3 Å². The lowest BCUT2D eigenvalue weighted by Crippen LogP contribution is -2.53. The Bertz CT molecular complexity index is 587. The molecule has 0 bridgehead atoms. The molecule has 1 aliphatic rings. The third-order valence-corrected chi connectivity index (χ3v) is 4.89. The first-order valence-corrected chi connectivity index (χ1v) is 9.54. The molecule has 1 aromatic rings. The number of carbonyl (C=O) groups is 1. The van der Waals surface area contributed by atoms with Crippen LogP contribution in [0.15, 0.2) is 35.3 Å². The highest BCUT2D eigenvalue weighted by molar-refractivity contribution is 14.0. The number of nitrogens with zero attached hydrogens (tertiary/aromatic N) is 4. The molecule has 1 aromatic carbocycles. The summed E-state index contributed by atoms with van der Waals surface area (Å²) in [4.78, 5) is 22.8. The molecule has 1 heterocycles. The van der Waals surface area contributed by atoms with Gasteiger partial charge >= 0.3 is 0 Å². The molecule has 1 saturated heterocycles. The van der Waals surface area contributed by atoms with Crippen molar-refractivity contribution in [3.8, 4) is 0 Å². The van der Waals surface area contributed by atoms with Crippen LogP contribution in [-0.4, -0.2) is 78.9 Å². The van der Waals surface area contributed by atoms with Gasteiger partial charge < -0.3 is 15.1 Å². The molecule has 2 rings (SSSR count). The first-order chi connectivity index (χ1) is 12.5. The number of rotatable bonds is 6. The Morgan fingerprint density at radius 3 is 2.33 bits per heavy atom. The third-order valence-electron chi connectivity index (χ3n) is 4.89. The van der Waals surface area contributed by atoms with E-state index in [2.05, 4.69) is 60.3 Å². The van der Waals surface area contributed by atoms with E-state index in [1.807, 2.05) is 11.0 Å². The molecule has 27 heavy (non-hydrogen) atoms. The fourth-order valence-electron chi connectivity index (χ4n) is 3.04. The second-order valence-corrected chi connectivity index (χ2v) is 6.94. The van der Waals surface area contributed by atoms with E-state index in [-0.39, 0.29) is 29.9 Å². The van der Waals surface area contributed by atoms with Gasteiger partial charge in [0.15, 0.2) is 5.96 Å². The number of amides is 1. The van der Waals surface area contributed by atoms with E-state index >= 15 is 0 Å². The normalized spacial score (nSPS) is 16.1. The smallest absolute Gasteiger partial charge is 0.219 e. The highest BCUT2D eigenvalue weighted by Gasteiger charge is 2.21. The van der Waals surface area contributed by atoms with Gasteiger partial charge in [0.2, 0.25) is 5.91 Å². The van der Waals surface area contributed by atoms with Crippen LogP contribution in [0.3, 0.4) is 0 Å². The molecular formula is C20H34IN5O. The summed E-state index contributed by atoms with van der Waals surface area (Å²) in [6, 6.07) is 10.9. The van der Waals surface area contributed by atoms with E-state index in [0.29, 0.717) is 6.04 Å². The maximum atomic E-state index is 11.5. The van der Waals surface area contributed by atoms with Crippen molar-refractivity contribution in [2.24, 2.45) is 4.99 Å². The van der Waals surface area contributed by atoms with Crippen molar-refractivity contribution in [1.29, 1.82) is 0 Å². The third kappa shape index (κ3) is 7.65. The number of aliphatic imine (C=N–C) groups is 1. The summed E-state index contributed by atoms with van der Waals surface area (Å²) < 4.78 is 0. The van der Waals surface area contributed by atoms with Crippen molar-refractivity contribution in [2.45, 2.75) is 33.4 Å². The molecule has 0 spiro atoms. The molecule has 0 aromatic heterocycles. The molecule has 0 saturated carbocycles. The summed E-state index contributed by atoms with van der Waals surface area (Å²) in [5, 5.41) is 3.39. The number of benzene rings is 1. The highest BCUT2D eigenvalue weighted by atomic mass is 127. The molecule has 1 aliphatic heterocycles. The van der Waals surface area contributed by atoms with Crippen LogP contribution in [0.5, 0.6) is 0 Å². The van der Waals surface area contributed by atoms with Crippen LogP contribution in [-0.2, 0) is 11.3 Å². The lowest BCUT2D eigenvalue weighted by atomic mass is 10.2. The van der Waals surface area contributed by atoms with Gasteiger partial charge in [-0.25, -0.2) is 0 Å². The summed E-state index contributed by atoms with van der Waals surface area (Å²) in [5.74, 6) is 1.11. The zero-order valence-corrected chi connectivity index (χ0v) is 19.3. The Hall–Kier alpha value is -1.35. The molecule has 6 nitrogen and oxygen atoms in total. The molecule has 1 amide bonds. The van der Waals surface area contributed by atoms with E-state index in [0.717, 1.165) is 51.8 Å². The minimum Gasteiger partial charge on any atom is -0.357 e. The average Bonchev–Trinajstić information content (AvgIpc) is 2.65. The zero-order chi connectivity index (χ0) is 18.9. The van der Waals surface area contributed by atoms with Crippen LogP contribution < -0.4 is 5.32 Å². The first kappa shape index (κ1) is 23.7. The van der Waals surface area contributed by atoms with E-state index in [9.17, 15) is 4.79 Å². The van der Waals surface area contributed by atoms with Gasteiger partial charge in [-0.3, -0.25) is 14.7 Å². The number of carbonyl (C=O) groups excluding carboxylic acids is 1. The van der Waals surface area contributed by atoms with Crippen LogP contribution in [0.2, 0.25) is 0 Å². The van der Waals surface area contributed by atoms with Crippen molar-refractivity contribution >= 4 is 35.8 Å². The zero-order valence-electron chi connectivity index (χ0n) is 17.0. The molecule has 7 heteroatoms. The van der Waals surface area contributed by atoms with Crippen LogP contribution >= 0.6 is 24.0 Å². The number of hydrogen-bond acceptors (Lipinski definition) is 3. The summed E-state index contributed by atoms with van der Waals surface area (Å²) in [6.07, 6.45) is 0. The molecular weight excluding hydrogens is 453 g/mol. The summed E-state index contributed by atoms with van der Waals surface area (Å²) in [5.41, 5.74) is 1.32. The summed E-state index contributed by atoms with van der Waals surface area (Å²) in [6.45, 7) is 11.7. The predicted molar refractivity (Wildman–Crippen MR) is 123 cm³/mol. The van der Waals surface area contributed by atoms with Gasteiger partial charge in [-0.1, -0.05) is 30.3 Å². The lowest BCUT2D eigenvalue weighted by molar-refractivity contribution is -0.130. The van der Waals surface area contributed by atoms with Crippen molar-refractivity contribution in [1.82, 2.24) is 20.0 Å². The molecule has 0 radical (unpaired) electrons. The quantitative estimate of drug-likeness (QED) is 0.380. The van der Waals surface area contributed by atoms with Gasteiger partial charge in [0, 0.05) is 52.2 Å². The predicted octanol–water partition coefficient (Wildman–Crippen LogP) is 2.25. The Morgan fingerprint density at radius 2 is 1.78 bits per heavy atom. The monoisotopic (exact) mass is 487 g/mol. The van der Waals surface area contributed by atoms with E-state index in [1.165, 1.54) is 5.56 Å². The number of guanidine groups is 1. The standard InChI is InChI=1S/C20H33N5O.HI/c1-5-21-20(25-13-11-24(12-14-25)18(3)26)22-15-17(2)23(4)16-19-9-7-6-8-10-19;/h6-10,17H,5,11-16H2,1-4H3,(H,21,22);1H. The molecule has 152 valence electrons. The molecule has 1 N–H and O–H groups in total. The fraction of sp³-hybridized carbons (Fsp3) is 0.600. The lowest BCUT2D eigenvalue weighted by Gasteiger charge is -2.36. The van der Waals surface area contributed by atoms with Gasteiger partial charge in [0.1, 0.15) is 0 Å². The SMILES string of the molecule is CCNC(=NCC(C)N(C)Cc1ccccc1)N1CCN(C(C)=O)CC1.I. The van der Waals surface area contributed by atoms with E-state index in [4.69, 9.17) is 4.99 Å². The average molecular weight is 487 g/mol. The van der Waals surface area contributed by atoms with Crippen LogP contribution in [0.1, 0.15) is 26.3 Å². The van der Waals surface area contributed by atoms with Crippen LogP contribution in [0.4, 0.5) is 0 Å². The van der Waals surface area contributed by atoms with Gasteiger partial charge in [-0.15, -0.1) is 24.0 Å². The maximum Gasteiger partial charge on any atom is 0.219 e. The second-order valence-electron chi connectivity index (χ2n) is 6.94. The van der Waals surface area contributed by atoms with Gasteiger partial charge in [-0.05, 0) is 26.5 Å². The van der Waals surface area contributed by atoms with Gasteiger partial charge in [0.25, 0.3) is 0 Å². The second kappa shape index (κ2) is 12.2. The molecule has 1 atom stereocenters. The number of likely N-dealkylation sites (N-methyl/N-ethyl adjacent to an activating group) is 1. The van der Waals surface area contributed by atoms with E-state index < -0.39 is 0 Å². The van der Waals surface area contributed by atoms with Crippen molar-refractivity contribution < 1.29 is 4.79 Å². The summed E-state index contributed by atoms with van der Waals surface area (Å²) >= 11 is 0. The van der Waals surface area contributed by atoms with Crippen LogP contribution in [0, 0.1) is 0 Å². The molecule has 1 fully saturated rings. The Balaban J connectivity index is 0.00000364.